The van der Waals surface area contributed by atoms with E-state index in [4.69, 9.17) is 9.26 Å². The summed E-state index contributed by atoms with van der Waals surface area (Å²) in [6.07, 6.45) is 1.68. The average Bonchev–Trinajstić information content (AvgIpc) is 3.41. The number of carbonyl (C=O) groups is 1. The van der Waals surface area contributed by atoms with Crippen LogP contribution in [0.2, 0.25) is 0 Å². The van der Waals surface area contributed by atoms with Gasteiger partial charge < -0.3 is 14.6 Å². The molecule has 7 heteroatoms. The molecule has 2 heterocycles. The quantitative estimate of drug-likeness (QED) is 0.275. The van der Waals surface area contributed by atoms with Crippen molar-refractivity contribution >= 4 is 11.7 Å². The van der Waals surface area contributed by atoms with Crippen molar-refractivity contribution in [2.75, 3.05) is 18.4 Å². The van der Waals surface area contributed by atoms with Crippen LogP contribution < -0.4 is 5.32 Å². The van der Waals surface area contributed by atoms with Crippen molar-refractivity contribution in [2.24, 2.45) is 5.92 Å². The summed E-state index contributed by atoms with van der Waals surface area (Å²) in [4.78, 5) is 20.4. The maximum absolute atomic E-state index is 13.6. The number of benzene rings is 3. The summed E-state index contributed by atoms with van der Waals surface area (Å²) >= 11 is 0. The van der Waals surface area contributed by atoms with Crippen LogP contribution >= 0.6 is 0 Å². The SMILES string of the molecule is CCC1CCN(Cc2noc(-c3ccc(C)cc3)n2)C[C@@H]1OC(=O)[C@H](Nc1ccccc1)c1ccccc1. The van der Waals surface area contributed by atoms with E-state index in [0.717, 1.165) is 36.2 Å². The molecule has 0 radical (unpaired) electrons. The van der Waals surface area contributed by atoms with Crippen molar-refractivity contribution in [3.8, 4) is 11.5 Å². The fourth-order valence-electron chi connectivity index (χ4n) is 4.95. The van der Waals surface area contributed by atoms with Crippen molar-refractivity contribution in [3.05, 3.63) is 102 Å². The van der Waals surface area contributed by atoms with Crippen LogP contribution in [0.5, 0.6) is 0 Å². The average molecular weight is 511 g/mol. The van der Waals surface area contributed by atoms with Gasteiger partial charge in [-0.3, -0.25) is 4.90 Å². The van der Waals surface area contributed by atoms with Gasteiger partial charge in [-0.05, 0) is 62.1 Å². The second-order valence-corrected chi connectivity index (χ2v) is 9.90. The topological polar surface area (TPSA) is 80.5 Å². The number of hydrogen-bond acceptors (Lipinski definition) is 7. The Morgan fingerprint density at radius 2 is 1.76 bits per heavy atom. The van der Waals surface area contributed by atoms with Gasteiger partial charge in [-0.1, -0.05) is 78.3 Å². The van der Waals surface area contributed by atoms with E-state index in [2.05, 4.69) is 27.3 Å². The highest BCUT2D eigenvalue weighted by Gasteiger charge is 2.34. The molecule has 1 aliphatic rings. The van der Waals surface area contributed by atoms with E-state index in [9.17, 15) is 4.79 Å². The Morgan fingerprint density at radius 1 is 1.05 bits per heavy atom. The molecular formula is C31H34N4O3. The highest BCUT2D eigenvalue weighted by atomic mass is 16.5. The molecule has 3 aromatic carbocycles. The predicted molar refractivity (Wildman–Crippen MR) is 147 cm³/mol. The van der Waals surface area contributed by atoms with Crippen LogP contribution in [0.4, 0.5) is 5.69 Å². The molecule has 0 saturated carbocycles. The number of ether oxygens (including phenoxy) is 1. The van der Waals surface area contributed by atoms with E-state index in [1.54, 1.807) is 0 Å². The summed E-state index contributed by atoms with van der Waals surface area (Å²) in [5, 5.41) is 7.57. The molecule has 0 spiro atoms. The summed E-state index contributed by atoms with van der Waals surface area (Å²) in [5.74, 6) is 1.18. The summed E-state index contributed by atoms with van der Waals surface area (Å²) in [6, 6.07) is 26.9. The highest BCUT2D eigenvalue weighted by molar-refractivity contribution is 5.81. The molecule has 3 atom stereocenters. The first-order valence-electron chi connectivity index (χ1n) is 13.3. The fraction of sp³-hybridized carbons (Fsp3) is 0.323. The number of nitrogens with one attached hydrogen (secondary N) is 1. The van der Waals surface area contributed by atoms with Crippen LogP contribution in [0.15, 0.2) is 89.5 Å². The zero-order valence-corrected chi connectivity index (χ0v) is 21.9. The second-order valence-electron chi connectivity index (χ2n) is 9.90. The minimum atomic E-state index is -0.597. The maximum atomic E-state index is 13.6. The Morgan fingerprint density at radius 3 is 2.47 bits per heavy atom. The molecule has 1 saturated heterocycles. The van der Waals surface area contributed by atoms with Crippen LogP contribution in [-0.2, 0) is 16.1 Å². The molecule has 0 aliphatic carbocycles. The molecule has 38 heavy (non-hydrogen) atoms. The van der Waals surface area contributed by atoms with Crippen molar-refractivity contribution in [3.63, 3.8) is 0 Å². The second kappa shape index (κ2) is 12.0. The summed E-state index contributed by atoms with van der Waals surface area (Å²) in [5.41, 5.74) is 3.83. The Kier molecular flexibility index (Phi) is 8.14. The third-order valence-corrected chi connectivity index (χ3v) is 7.16. The fourth-order valence-corrected chi connectivity index (χ4v) is 4.95. The standard InChI is InChI=1S/C31H34N4O3/c1-3-23-18-19-35(21-28-33-30(38-34-28)25-16-14-22(2)15-17-25)20-27(23)37-31(36)29(24-10-6-4-7-11-24)32-26-12-8-5-9-13-26/h4-17,23,27,29,32H,3,18-21H2,1-2H3/t23?,27-,29+/m0/s1. The number of piperidine rings is 1. The molecule has 196 valence electrons. The van der Waals surface area contributed by atoms with E-state index in [1.165, 1.54) is 5.56 Å². The lowest BCUT2D eigenvalue weighted by atomic mass is 9.91. The van der Waals surface area contributed by atoms with Crippen molar-refractivity contribution in [2.45, 2.75) is 45.4 Å². The van der Waals surface area contributed by atoms with Crippen molar-refractivity contribution < 1.29 is 14.1 Å². The van der Waals surface area contributed by atoms with Crippen LogP contribution in [0.3, 0.4) is 0 Å². The number of nitrogens with zero attached hydrogens (tertiary/aromatic N) is 3. The number of hydrogen-bond donors (Lipinski definition) is 1. The number of carbonyl (C=O) groups excluding carboxylic acids is 1. The van der Waals surface area contributed by atoms with Gasteiger partial charge in [-0.2, -0.15) is 4.98 Å². The number of aryl methyl sites for hydroxylation is 1. The lowest BCUT2D eigenvalue weighted by molar-refractivity contribution is -0.156. The first kappa shape index (κ1) is 25.7. The van der Waals surface area contributed by atoms with Crippen molar-refractivity contribution in [1.29, 1.82) is 0 Å². The number of esters is 1. The van der Waals surface area contributed by atoms with Gasteiger partial charge >= 0.3 is 5.97 Å². The van der Waals surface area contributed by atoms with Gasteiger partial charge in [0.15, 0.2) is 11.9 Å². The summed E-state index contributed by atoms with van der Waals surface area (Å²) < 4.78 is 11.8. The number of likely N-dealkylation sites (tertiary alicyclic amines) is 1. The summed E-state index contributed by atoms with van der Waals surface area (Å²) in [7, 11) is 0. The number of rotatable bonds is 9. The molecule has 4 aromatic rings. The van der Waals surface area contributed by atoms with Gasteiger partial charge in [-0.25, -0.2) is 4.79 Å². The van der Waals surface area contributed by atoms with Gasteiger partial charge in [0, 0.05) is 17.8 Å². The third kappa shape index (κ3) is 6.29. The molecular weight excluding hydrogens is 476 g/mol. The molecule has 1 aromatic heterocycles. The molecule has 5 rings (SSSR count). The van der Waals surface area contributed by atoms with Gasteiger partial charge in [0.05, 0.1) is 6.54 Å². The molecule has 1 aliphatic heterocycles. The molecule has 0 bridgehead atoms. The highest BCUT2D eigenvalue weighted by Crippen LogP contribution is 2.28. The van der Waals surface area contributed by atoms with Crippen molar-refractivity contribution in [1.82, 2.24) is 15.0 Å². The van der Waals surface area contributed by atoms with Gasteiger partial charge in [0.2, 0.25) is 0 Å². The molecule has 1 fully saturated rings. The lowest BCUT2D eigenvalue weighted by Gasteiger charge is -2.37. The Balaban J connectivity index is 1.27. The lowest BCUT2D eigenvalue weighted by Crippen LogP contribution is -2.46. The number of para-hydroxylation sites is 1. The first-order valence-corrected chi connectivity index (χ1v) is 13.3. The monoisotopic (exact) mass is 510 g/mol. The van der Waals surface area contributed by atoms with E-state index >= 15 is 0 Å². The van der Waals surface area contributed by atoms with Gasteiger partial charge in [0.25, 0.3) is 5.89 Å². The van der Waals surface area contributed by atoms with Gasteiger partial charge in [0.1, 0.15) is 6.10 Å². The van der Waals surface area contributed by atoms with E-state index in [0.29, 0.717) is 30.7 Å². The smallest absolute Gasteiger partial charge is 0.333 e. The minimum absolute atomic E-state index is 0.214. The molecule has 1 unspecified atom stereocenters. The molecule has 0 amide bonds. The first-order chi connectivity index (χ1) is 18.6. The molecule has 1 N–H and O–H groups in total. The maximum Gasteiger partial charge on any atom is 0.333 e. The van der Waals surface area contributed by atoms with Gasteiger partial charge in [-0.15, -0.1) is 0 Å². The third-order valence-electron chi connectivity index (χ3n) is 7.16. The van der Waals surface area contributed by atoms with E-state index < -0.39 is 6.04 Å². The van der Waals surface area contributed by atoms with E-state index in [-0.39, 0.29) is 12.1 Å². The van der Waals surface area contributed by atoms with Crippen LogP contribution in [0.1, 0.15) is 42.8 Å². The Bertz CT molecular complexity index is 1310. The predicted octanol–water partition coefficient (Wildman–Crippen LogP) is 6.04. The summed E-state index contributed by atoms with van der Waals surface area (Å²) in [6.45, 7) is 6.28. The van der Waals surface area contributed by atoms with E-state index in [1.807, 2.05) is 91.9 Å². The van der Waals surface area contributed by atoms with Crippen LogP contribution in [0, 0.1) is 12.8 Å². The zero-order valence-electron chi connectivity index (χ0n) is 21.9. The van der Waals surface area contributed by atoms with Crippen LogP contribution in [-0.4, -0.2) is 40.2 Å². The number of anilines is 1. The van der Waals surface area contributed by atoms with Crippen LogP contribution in [0.25, 0.3) is 11.5 Å². The minimum Gasteiger partial charge on any atom is -0.459 e. The number of aromatic nitrogens is 2. The zero-order chi connectivity index (χ0) is 26.3. The normalized spacial score (nSPS) is 18.6. The Hall–Kier alpha value is -3.97. The largest absolute Gasteiger partial charge is 0.459 e. The Labute approximate surface area is 223 Å². The molecule has 7 nitrogen and oxygen atoms in total.